The molecule has 1 N–H and O–H groups in total. The van der Waals surface area contributed by atoms with Crippen LogP contribution in [-0.4, -0.2) is 60.7 Å². The van der Waals surface area contributed by atoms with E-state index < -0.39 is 0 Å². The lowest BCUT2D eigenvalue weighted by Gasteiger charge is -2.34. The second-order valence-corrected chi connectivity index (χ2v) is 7.86. The molecule has 0 bridgehead atoms. The molecule has 162 valence electrons. The number of aromatic nitrogens is 2. The number of anilines is 2. The number of benzene rings is 2. The third kappa shape index (κ3) is 5.05. The fraction of sp³-hybridized carbons (Fsp3) is 0.318. The predicted molar refractivity (Wildman–Crippen MR) is 122 cm³/mol. The van der Waals surface area contributed by atoms with Crippen LogP contribution in [0.4, 0.5) is 15.6 Å². The van der Waals surface area contributed by atoms with E-state index in [-0.39, 0.29) is 6.03 Å². The lowest BCUT2D eigenvalue weighted by Crippen LogP contribution is -2.50. The van der Waals surface area contributed by atoms with Crippen LogP contribution in [0, 0.1) is 0 Å². The Labute approximate surface area is 185 Å². The molecule has 3 aromatic rings. The summed E-state index contributed by atoms with van der Waals surface area (Å²) in [7, 11) is 3.25. The van der Waals surface area contributed by atoms with Crippen LogP contribution in [0.25, 0.3) is 0 Å². The van der Waals surface area contributed by atoms with Gasteiger partial charge in [0.05, 0.1) is 19.9 Å². The molecule has 31 heavy (non-hydrogen) atoms. The number of methoxy groups -OCH3 is 2. The predicted octanol–water partition coefficient (Wildman–Crippen LogP) is 3.50. The zero-order valence-corrected chi connectivity index (χ0v) is 18.4. The van der Waals surface area contributed by atoms with Crippen molar-refractivity contribution in [3.63, 3.8) is 0 Å². The van der Waals surface area contributed by atoms with Gasteiger partial charge in [-0.1, -0.05) is 24.3 Å². The number of nitrogens with zero attached hydrogens (tertiary/aromatic N) is 4. The summed E-state index contributed by atoms with van der Waals surface area (Å²) >= 11 is 1.40. The Hall–Kier alpha value is -3.33. The van der Waals surface area contributed by atoms with Gasteiger partial charge in [0.1, 0.15) is 17.3 Å². The number of hydrogen-bond donors (Lipinski definition) is 1. The third-order valence-corrected chi connectivity index (χ3v) is 5.95. The van der Waals surface area contributed by atoms with Crippen LogP contribution in [0.5, 0.6) is 11.5 Å². The molecule has 1 saturated heterocycles. The highest BCUT2D eigenvalue weighted by Gasteiger charge is 2.24. The Morgan fingerprint density at radius 3 is 2.65 bits per heavy atom. The molecule has 9 heteroatoms. The highest BCUT2D eigenvalue weighted by Crippen LogP contribution is 2.25. The van der Waals surface area contributed by atoms with E-state index in [1.807, 2.05) is 48.5 Å². The van der Waals surface area contributed by atoms with Gasteiger partial charge in [0.25, 0.3) is 0 Å². The van der Waals surface area contributed by atoms with Gasteiger partial charge < -0.3 is 24.6 Å². The smallest absolute Gasteiger partial charge is 0.322 e. The van der Waals surface area contributed by atoms with Crippen molar-refractivity contribution in [3.8, 4) is 11.5 Å². The number of amides is 2. The Morgan fingerprint density at radius 1 is 1.06 bits per heavy atom. The molecule has 1 aliphatic rings. The Balaban J connectivity index is 1.32. The maximum atomic E-state index is 12.6. The largest absolute Gasteiger partial charge is 0.497 e. The normalized spacial score (nSPS) is 13.7. The molecule has 0 atom stereocenters. The molecule has 1 aliphatic heterocycles. The quantitative estimate of drug-likeness (QED) is 0.633. The fourth-order valence-electron chi connectivity index (χ4n) is 3.45. The lowest BCUT2D eigenvalue weighted by atomic mass is 10.1. The van der Waals surface area contributed by atoms with Crippen molar-refractivity contribution in [2.24, 2.45) is 0 Å². The molecule has 0 spiro atoms. The van der Waals surface area contributed by atoms with E-state index in [2.05, 4.69) is 14.6 Å². The van der Waals surface area contributed by atoms with Crippen molar-refractivity contribution >= 4 is 28.4 Å². The summed E-state index contributed by atoms with van der Waals surface area (Å²) in [6.45, 7) is 2.66. The second-order valence-electron chi connectivity index (χ2n) is 7.13. The van der Waals surface area contributed by atoms with Crippen LogP contribution in [0.3, 0.4) is 0 Å². The van der Waals surface area contributed by atoms with Gasteiger partial charge in [0.2, 0.25) is 5.13 Å². The van der Waals surface area contributed by atoms with Crippen molar-refractivity contribution in [1.82, 2.24) is 14.3 Å². The van der Waals surface area contributed by atoms with Crippen LogP contribution >= 0.6 is 11.5 Å². The molecule has 0 saturated carbocycles. The number of hydrogen-bond acceptors (Lipinski definition) is 7. The van der Waals surface area contributed by atoms with Gasteiger partial charge in [0, 0.05) is 44.1 Å². The zero-order valence-electron chi connectivity index (χ0n) is 17.6. The van der Waals surface area contributed by atoms with Crippen LogP contribution in [-0.2, 0) is 6.42 Å². The van der Waals surface area contributed by atoms with E-state index in [0.29, 0.717) is 44.0 Å². The van der Waals surface area contributed by atoms with Crippen molar-refractivity contribution in [2.45, 2.75) is 6.42 Å². The summed E-state index contributed by atoms with van der Waals surface area (Å²) in [4.78, 5) is 21.3. The highest BCUT2D eigenvalue weighted by molar-refractivity contribution is 7.09. The molecule has 0 radical (unpaired) electrons. The monoisotopic (exact) mass is 439 g/mol. The average molecular weight is 440 g/mol. The SMILES string of the molecule is COc1cccc(Cc2nsc(N3CCN(C(=O)Nc4ccccc4OC)CC3)n2)c1. The minimum Gasteiger partial charge on any atom is -0.497 e. The Morgan fingerprint density at radius 2 is 1.87 bits per heavy atom. The lowest BCUT2D eigenvalue weighted by molar-refractivity contribution is 0.208. The number of nitrogens with one attached hydrogen (secondary N) is 1. The Bertz CT molecular complexity index is 1030. The first-order chi connectivity index (χ1) is 15.2. The molecular formula is C22H25N5O3S. The molecule has 1 fully saturated rings. The first kappa shape index (κ1) is 20.9. The van der Waals surface area contributed by atoms with E-state index >= 15 is 0 Å². The summed E-state index contributed by atoms with van der Waals surface area (Å²) in [5, 5.41) is 3.83. The van der Waals surface area contributed by atoms with Gasteiger partial charge in [-0.25, -0.2) is 9.78 Å². The van der Waals surface area contributed by atoms with Crippen LogP contribution in [0.15, 0.2) is 48.5 Å². The Kier molecular flexibility index (Phi) is 6.51. The fourth-order valence-corrected chi connectivity index (χ4v) is 4.19. The molecule has 2 aromatic carbocycles. The van der Waals surface area contributed by atoms with E-state index in [9.17, 15) is 4.79 Å². The maximum Gasteiger partial charge on any atom is 0.322 e. The first-order valence-corrected chi connectivity index (χ1v) is 10.8. The van der Waals surface area contributed by atoms with Crippen molar-refractivity contribution in [3.05, 3.63) is 59.9 Å². The molecular weight excluding hydrogens is 414 g/mol. The van der Waals surface area contributed by atoms with Gasteiger partial charge in [-0.2, -0.15) is 4.37 Å². The van der Waals surface area contributed by atoms with E-state index in [1.165, 1.54) is 11.5 Å². The summed E-state index contributed by atoms with van der Waals surface area (Å²) in [6.07, 6.45) is 0.662. The number of urea groups is 1. The summed E-state index contributed by atoms with van der Waals surface area (Å²) in [6, 6.07) is 15.2. The van der Waals surface area contributed by atoms with E-state index in [1.54, 1.807) is 19.1 Å². The van der Waals surface area contributed by atoms with Gasteiger partial charge in [-0.15, -0.1) is 0 Å². The standard InChI is InChI=1S/C22H25N5O3S/c1-29-17-7-5-6-16(14-17)15-20-24-22(31-25-20)27-12-10-26(11-13-27)21(28)23-18-8-3-4-9-19(18)30-2/h3-9,14H,10-13,15H2,1-2H3,(H,23,28). The molecule has 0 unspecified atom stereocenters. The van der Waals surface area contributed by atoms with E-state index in [0.717, 1.165) is 22.3 Å². The number of para-hydroxylation sites is 2. The van der Waals surface area contributed by atoms with Gasteiger partial charge >= 0.3 is 6.03 Å². The number of carbonyl (C=O) groups is 1. The van der Waals surface area contributed by atoms with Gasteiger partial charge in [-0.3, -0.25) is 0 Å². The molecule has 0 aliphatic carbocycles. The summed E-state index contributed by atoms with van der Waals surface area (Å²) in [5.74, 6) is 2.27. The molecule has 2 heterocycles. The van der Waals surface area contributed by atoms with Crippen LogP contribution in [0.2, 0.25) is 0 Å². The average Bonchev–Trinajstić information content (AvgIpc) is 3.28. The van der Waals surface area contributed by atoms with Crippen molar-refractivity contribution in [1.29, 1.82) is 0 Å². The number of carbonyl (C=O) groups excluding carboxylic acids is 1. The summed E-state index contributed by atoms with van der Waals surface area (Å²) in [5.41, 5.74) is 1.78. The minimum absolute atomic E-state index is 0.125. The molecule has 8 nitrogen and oxygen atoms in total. The maximum absolute atomic E-state index is 12.6. The minimum atomic E-state index is -0.125. The van der Waals surface area contributed by atoms with Crippen LogP contribution < -0.4 is 19.7 Å². The van der Waals surface area contributed by atoms with Crippen molar-refractivity contribution in [2.75, 3.05) is 50.6 Å². The van der Waals surface area contributed by atoms with Gasteiger partial charge in [-0.05, 0) is 29.8 Å². The zero-order chi connectivity index (χ0) is 21.6. The molecule has 4 rings (SSSR count). The first-order valence-electron chi connectivity index (χ1n) is 10.1. The molecule has 2 amide bonds. The summed E-state index contributed by atoms with van der Waals surface area (Å²) < 4.78 is 15.1. The molecule has 1 aromatic heterocycles. The topological polar surface area (TPSA) is 79.8 Å². The van der Waals surface area contributed by atoms with Crippen LogP contribution in [0.1, 0.15) is 11.4 Å². The third-order valence-electron chi connectivity index (χ3n) is 5.14. The number of piperazine rings is 1. The van der Waals surface area contributed by atoms with Crippen molar-refractivity contribution < 1.29 is 14.3 Å². The van der Waals surface area contributed by atoms with E-state index in [4.69, 9.17) is 14.5 Å². The number of ether oxygens (including phenoxy) is 2. The second kappa shape index (κ2) is 9.65. The van der Waals surface area contributed by atoms with Gasteiger partial charge in [0.15, 0.2) is 0 Å². The highest BCUT2D eigenvalue weighted by atomic mass is 32.1. The number of rotatable bonds is 6.